The summed E-state index contributed by atoms with van der Waals surface area (Å²) >= 11 is 0. The van der Waals surface area contributed by atoms with Crippen molar-refractivity contribution in [1.82, 2.24) is 9.88 Å². The summed E-state index contributed by atoms with van der Waals surface area (Å²) in [6, 6.07) is 3.71. The number of hydrogen-bond donors (Lipinski definition) is 2. The molecule has 3 N–H and O–H groups in total. The average molecular weight is 250 g/mol. The van der Waals surface area contributed by atoms with E-state index < -0.39 is 0 Å². The molecular formula is C13H22N4O. The molecule has 0 spiro atoms. The van der Waals surface area contributed by atoms with E-state index in [2.05, 4.69) is 29.3 Å². The third kappa shape index (κ3) is 2.36. The van der Waals surface area contributed by atoms with Crippen molar-refractivity contribution in [2.45, 2.75) is 24.8 Å². The van der Waals surface area contributed by atoms with E-state index in [4.69, 9.17) is 10.5 Å². The maximum absolute atomic E-state index is 5.74. The standard InChI is InChI=1S/C13H22N4O/c1-17(2)13(7-4-8-13)9-15-11-6-5-10(14)12(16-11)18-3/h5-6H,4,7-9,14H2,1-3H3,(H,15,16). The molecule has 100 valence electrons. The minimum atomic E-state index is 0.274. The van der Waals surface area contributed by atoms with E-state index in [9.17, 15) is 0 Å². The number of ether oxygens (including phenoxy) is 1. The van der Waals surface area contributed by atoms with Crippen LogP contribution in [0.2, 0.25) is 0 Å². The van der Waals surface area contributed by atoms with Crippen LogP contribution in [0.15, 0.2) is 12.1 Å². The molecule has 5 nitrogen and oxygen atoms in total. The number of methoxy groups -OCH3 is 1. The number of aromatic nitrogens is 1. The number of nitrogen functional groups attached to an aromatic ring is 1. The predicted octanol–water partition coefficient (Wildman–Crippen LogP) is 1.57. The Bertz CT molecular complexity index is 415. The molecule has 0 radical (unpaired) electrons. The van der Waals surface area contributed by atoms with Gasteiger partial charge < -0.3 is 20.7 Å². The first-order valence-corrected chi connectivity index (χ1v) is 6.29. The Kier molecular flexibility index (Phi) is 3.61. The predicted molar refractivity (Wildman–Crippen MR) is 74.0 cm³/mol. The first kappa shape index (κ1) is 13.0. The molecule has 1 heterocycles. The SMILES string of the molecule is COc1nc(NCC2(N(C)C)CCC2)ccc1N. The molecule has 1 aliphatic rings. The van der Waals surface area contributed by atoms with Gasteiger partial charge in [0.1, 0.15) is 5.82 Å². The van der Waals surface area contributed by atoms with Gasteiger partial charge >= 0.3 is 0 Å². The molecule has 0 saturated heterocycles. The van der Waals surface area contributed by atoms with Crippen LogP contribution in [0.5, 0.6) is 5.88 Å². The maximum atomic E-state index is 5.74. The molecule has 0 bridgehead atoms. The second kappa shape index (κ2) is 5.02. The van der Waals surface area contributed by atoms with Crippen molar-refractivity contribution >= 4 is 11.5 Å². The summed E-state index contributed by atoms with van der Waals surface area (Å²) in [7, 11) is 5.85. The molecular weight excluding hydrogens is 228 g/mol. The van der Waals surface area contributed by atoms with Gasteiger partial charge in [0.15, 0.2) is 0 Å². The monoisotopic (exact) mass is 250 g/mol. The normalized spacial score (nSPS) is 17.3. The first-order valence-electron chi connectivity index (χ1n) is 6.29. The summed E-state index contributed by atoms with van der Waals surface area (Å²) in [5, 5.41) is 3.38. The smallest absolute Gasteiger partial charge is 0.238 e. The third-order valence-corrected chi connectivity index (χ3v) is 3.91. The van der Waals surface area contributed by atoms with E-state index in [0.29, 0.717) is 11.6 Å². The Hall–Kier alpha value is -1.49. The highest BCUT2D eigenvalue weighted by Crippen LogP contribution is 2.36. The van der Waals surface area contributed by atoms with Gasteiger partial charge in [-0.3, -0.25) is 0 Å². The Balaban J connectivity index is 2.02. The van der Waals surface area contributed by atoms with E-state index >= 15 is 0 Å². The number of likely N-dealkylation sites (N-methyl/N-ethyl adjacent to an activating group) is 1. The van der Waals surface area contributed by atoms with E-state index in [1.54, 1.807) is 7.11 Å². The highest BCUT2D eigenvalue weighted by molar-refractivity contribution is 5.53. The van der Waals surface area contributed by atoms with Crippen LogP contribution >= 0.6 is 0 Å². The van der Waals surface area contributed by atoms with Crippen LogP contribution in [-0.2, 0) is 0 Å². The molecule has 5 heteroatoms. The van der Waals surface area contributed by atoms with Gasteiger partial charge in [-0.15, -0.1) is 0 Å². The van der Waals surface area contributed by atoms with E-state index in [0.717, 1.165) is 12.4 Å². The molecule has 0 aliphatic heterocycles. The van der Waals surface area contributed by atoms with E-state index in [-0.39, 0.29) is 5.54 Å². The van der Waals surface area contributed by atoms with E-state index in [1.165, 1.54) is 19.3 Å². The zero-order chi connectivity index (χ0) is 13.2. The lowest BCUT2D eigenvalue weighted by Gasteiger charge is -2.47. The fraction of sp³-hybridized carbons (Fsp3) is 0.615. The summed E-state index contributed by atoms with van der Waals surface area (Å²) < 4.78 is 5.12. The van der Waals surface area contributed by atoms with E-state index in [1.807, 2.05) is 12.1 Å². The van der Waals surface area contributed by atoms with Crippen molar-refractivity contribution < 1.29 is 4.74 Å². The van der Waals surface area contributed by atoms with Crippen molar-refractivity contribution in [2.75, 3.05) is 38.8 Å². The Morgan fingerprint density at radius 2 is 2.17 bits per heavy atom. The molecule has 0 aromatic carbocycles. The Labute approximate surface area is 108 Å². The lowest BCUT2D eigenvalue weighted by Crippen LogP contribution is -2.54. The lowest BCUT2D eigenvalue weighted by atomic mass is 9.75. The number of nitrogens with one attached hydrogen (secondary N) is 1. The van der Waals surface area contributed by atoms with Crippen LogP contribution in [0.25, 0.3) is 0 Å². The number of pyridine rings is 1. The molecule has 1 aromatic heterocycles. The van der Waals surface area contributed by atoms with Crippen molar-refractivity contribution in [1.29, 1.82) is 0 Å². The second-order valence-corrected chi connectivity index (χ2v) is 5.12. The Morgan fingerprint density at radius 1 is 1.44 bits per heavy atom. The minimum Gasteiger partial charge on any atom is -0.479 e. The number of anilines is 2. The highest BCUT2D eigenvalue weighted by Gasteiger charge is 2.38. The van der Waals surface area contributed by atoms with Gasteiger partial charge in [0.2, 0.25) is 5.88 Å². The number of hydrogen-bond acceptors (Lipinski definition) is 5. The van der Waals surface area contributed by atoms with Gasteiger partial charge in [-0.1, -0.05) is 0 Å². The molecule has 0 atom stereocenters. The fourth-order valence-corrected chi connectivity index (χ4v) is 2.34. The summed E-state index contributed by atoms with van der Waals surface area (Å²) in [4.78, 5) is 6.64. The van der Waals surface area contributed by atoms with Crippen LogP contribution in [0.1, 0.15) is 19.3 Å². The number of rotatable bonds is 5. The van der Waals surface area contributed by atoms with Gasteiger partial charge in [0.05, 0.1) is 12.8 Å². The van der Waals surface area contributed by atoms with Gasteiger partial charge in [-0.05, 0) is 45.5 Å². The quantitative estimate of drug-likeness (QED) is 0.830. The topological polar surface area (TPSA) is 63.4 Å². The summed E-state index contributed by atoms with van der Waals surface area (Å²) in [6.45, 7) is 0.903. The van der Waals surface area contributed by atoms with Crippen LogP contribution < -0.4 is 15.8 Å². The van der Waals surface area contributed by atoms with Crippen molar-refractivity contribution in [2.24, 2.45) is 0 Å². The summed E-state index contributed by atoms with van der Waals surface area (Å²) in [6.07, 6.45) is 3.77. The molecule has 18 heavy (non-hydrogen) atoms. The molecule has 1 aliphatic carbocycles. The molecule has 0 unspecified atom stereocenters. The van der Waals surface area contributed by atoms with Gasteiger partial charge in [-0.2, -0.15) is 4.98 Å². The van der Waals surface area contributed by atoms with Crippen LogP contribution in [0.4, 0.5) is 11.5 Å². The van der Waals surface area contributed by atoms with Gasteiger partial charge in [0, 0.05) is 12.1 Å². The number of nitrogens with two attached hydrogens (primary N) is 1. The highest BCUT2D eigenvalue weighted by atomic mass is 16.5. The minimum absolute atomic E-state index is 0.274. The van der Waals surface area contributed by atoms with Crippen molar-refractivity contribution in [3.63, 3.8) is 0 Å². The molecule has 1 aromatic rings. The van der Waals surface area contributed by atoms with Gasteiger partial charge in [-0.25, -0.2) is 0 Å². The van der Waals surface area contributed by atoms with Crippen LogP contribution in [-0.4, -0.2) is 43.2 Å². The molecule has 2 rings (SSSR count). The third-order valence-electron chi connectivity index (χ3n) is 3.91. The fourth-order valence-electron chi connectivity index (χ4n) is 2.34. The van der Waals surface area contributed by atoms with Gasteiger partial charge in [0.25, 0.3) is 0 Å². The molecule has 0 amide bonds. The Morgan fingerprint density at radius 3 is 2.67 bits per heavy atom. The second-order valence-electron chi connectivity index (χ2n) is 5.12. The molecule has 1 saturated carbocycles. The molecule has 1 fully saturated rings. The summed E-state index contributed by atoms with van der Waals surface area (Å²) in [5.41, 5.74) is 6.58. The lowest BCUT2D eigenvalue weighted by molar-refractivity contribution is 0.0738. The number of nitrogens with zero attached hydrogens (tertiary/aromatic N) is 2. The first-order chi connectivity index (χ1) is 8.57. The average Bonchev–Trinajstić information content (AvgIpc) is 2.29. The van der Waals surface area contributed by atoms with Crippen molar-refractivity contribution in [3.05, 3.63) is 12.1 Å². The van der Waals surface area contributed by atoms with Crippen LogP contribution in [0.3, 0.4) is 0 Å². The summed E-state index contributed by atoms with van der Waals surface area (Å²) in [5.74, 6) is 1.29. The van der Waals surface area contributed by atoms with Crippen molar-refractivity contribution in [3.8, 4) is 5.88 Å². The maximum Gasteiger partial charge on any atom is 0.238 e. The largest absolute Gasteiger partial charge is 0.479 e. The zero-order valence-corrected chi connectivity index (χ0v) is 11.4. The zero-order valence-electron chi connectivity index (χ0n) is 11.4. The van der Waals surface area contributed by atoms with Crippen LogP contribution in [0, 0.1) is 0 Å².